The smallest absolute Gasteiger partial charge is 0.375 e. The van der Waals surface area contributed by atoms with Gasteiger partial charge in [0, 0.05) is 6.42 Å². The van der Waals surface area contributed by atoms with E-state index in [4.69, 9.17) is 17.9 Å². The predicted molar refractivity (Wildman–Crippen MR) is 88.3 cm³/mol. The largest absolute Gasteiger partial charge is 0.560 e. The SMILES string of the molecule is [B]OC=N[C@@H](Cc1ccc(OC(=O)c2ccccc2)cc1)C(=O)O. The van der Waals surface area contributed by atoms with Gasteiger partial charge in [0.15, 0.2) is 12.4 Å². The predicted octanol–water partition coefficient (Wildman–Crippen LogP) is 2.03. The van der Waals surface area contributed by atoms with E-state index in [1.807, 2.05) is 6.07 Å². The van der Waals surface area contributed by atoms with Gasteiger partial charge in [-0.2, -0.15) is 0 Å². The van der Waals surface area contributed by atoms with Crippen molar-refractivity contribution < 1.29 is 24.1 Å². The van der Waals surface area contributed by atoms with E-state index in [1.54, 1.807) is 48.5 Å². The molecule has 0 amide bonds. The number of esters is 1. The fourth-order valence-electron chi connectivity index (χ4n) is 1.97. The summed E-state index contributed by atoms with van der Waals surface area (Å²) < 4.78 is 9.40. The number of carbonyl (C=O) groups excluding carboxylic acids is 1. The molecule has 0 spiro atoms. The number of carboxylic acids is 1. The first-order valence-corrected chi connectivity index (χ1v) is 7.06. The molecular formula is C17H14BNO5. The van der Waals surface area contributed by atoms with E-state index in [0.29, 0.717) is 11.3 Å². The third kappa shape index (κ3) is 4.98. The quantitative estimate of drug-likeness (QED) is 0.277. The summed E-state index contributed by atoms with van der Waals surface area (Å²) in [5.74, 6) is -1.19. The Bertz CT molecular complexity index is 716. The van der Waals surface area contributed by atoms with Crippen LogP contribution in [0.5, 0.6) is 5.75 Å². The fourth-order valence-corrected chi connectivity index (χ4v) is 1.97. The van der Waals surface area contributed by atoms with E-state index in [-0.39, 0.29) is 6.42 Å². The van der Waals surface area contributed by atoms with Crippen LogP contribution in [0.2, 0.25) is 0 Å². The molecule has 2 rings (SSSR count). The minimum absolute atomic E-state index is 0.155. The number of aliphatic carboxylic acids is 1. The van der Waals surface area contributed by atoms with Crippen LogP contribution in [0, 0.1) is 0 Å². The molecule has 0 aromatic heterocycles. The summed E-state index contributed by atoms with van der Waals surface area (Å²) in [6.07, 6.45) is 1.04. The minimum Gasteiger partial charge on any atom is -0.560 e. The summed E-state index contributed by atoms with van der Waals surface area (Å²) in [6.45, 7) is 0. The van der Waals surface area contributed by atoms with Crippen molar-refractivity contribution >= 4 is 26.4 Å². The monoisotopic (exact) mass is 323 g/mol. The van der Waals surface area contributed by atoms with Gasteiger partial charge in [-0.05, 0) is 29.8 Å². The maximum Gasteiger partial charge on any atom is 0.375 e. The van der Waals surface area contributed by atoms with Crippen molar-refractivity contribution in [2.45, 2.75) is 12.5 Å². The van der Waals surface area contributed by atoms with Crippen LogP contribution in [-0.2, 0) is 15.9 Å². The van der Waals surface area contributed by atoms with E-state index < -0.39 is 18.0 Å². The molecule has 0 fully saturated rings. The van der Waals surface area contributed by atoms with Crippen LogP contribution in [0.15, 0.2) is 59.6 Å². The van der Waals surface area contributed by atoms with Gasteiger partial charge in [-0.1, -0.05) is 30.3 Å². The lowest BCUT2D eigenvalue weighted by Gasteiger charge is -2.09. The lowest BCUT2D eigenvalue weighted by atomic mass is 10.1. The maximum atomic E-state index is 11.9. The Labute approximate surface area is 140 Å². The van der Waals surface area contributed by atoms with Crippen LogP contribution in [0.4, 0.5) is 0 Å². The van der Waals surface area contributed by atoms with Crippen LogP contribution < -0.4 is 4.74 Å². The minimum atomic E-state index is -1.09. The topological polar surface area (TPSA) is 85.2 Å². The molecule has 2 radical (unpaired) electrons. The van der Waals surface area contributed by atoms with E-state index in [2.05, 4.69) is 9.65 Å². The molecule has 6 nitrogen and oxygen atoms in total. The molecule has 0 saturated heterocycles. The molecule has 0 saturated carbocycles. The number of carbonyl (C=O) groups is 2. The van der Waals surface area contributed by atoms with E-state index in [1.165, 1.54) is 0 Å². The molecule has 0 aliphatic heterocycles. The van der Waals surface area contributed by atoms with Gasteiger partial charge in [-0.15, -0.1) is 0 Å². The van der Waals surface area contributed by atoms with Gasteiger partial charge in [-0.3, -0.25) is 0 Å². The molecule has 2 aromatic carbocycles. The third-order valence-corrected chi connectivity index (χ3v) is 3.16. The van der Waals surface area contributed by atoms with Gasteiger partial charge in [0.1, 0.15) is 5.75 Å². The highest BCUT2D eigenvalue weighted by Crippen LogP contribution is 2.16. The van der Waals surface area contributed by atoms with Crippen molar-refractivity contribution in [3.05, 3.63) is 65.7 Å². The normalized spacial score (nSPS) is 11.8. The van der Waals surface area contributed by atoms with Crippen molar-refractivity contribution in [3.63, 3.8) is 0 Å². The van der Waals surface area contributed by atoms with Crippen LogP contribution in [0.3, 0.4) is 0 Å². The Morgan fingerprint density at radius 3 is 2.38 bits per heavy atom. The van der Waals surface area contributed by atoms with Crippen LogP contribution in [0.1, 0.15) is 15.9 Å². The lowest BCUT2D eigenvalue weighted by molar-refractivity contribution is -0.138. The van der Waals surface area contributed by atoms with Crippen molar-refractivity contribution in [2.75, 3.05) is 0 Å². The van der Waals surface area contributed by atoms with Crippen molar-refractivity contribution in [2.24, 2.45) is 4.99 Å². The summed E-state index contributed by atoms with van der Waals surface area (Å²) in [7, 11) is 4.79. The fraction of sp³-hybridized carbons (Fsp3) is 0.118. The van der Waals surface area contributed by atoms with E-state index in [0.717, 1.165) is 12.0 Å². The van der Waals surface area contributed by atoms with Crippen molar-refractivity contribution in [1.82, 2.24) is 0 Å². The number of ether oxygens (including phenoxy) is 1. The highest BCUT2D eigenvalue weighted by Gasteiger charge is 2.16. The second-order valence-electron chi connectivity index (χ2n) is 4.85. The molecule has 0 heterocycles. The molecular weight excluding hydrogens is 309 g/mol. The van der Waals surface area contributed by atoms with Crippen LogP contribution in [-0.4, -0.2) is 37.5 Å². The number of benzene rings is 2. The third-order valence-electron chi connectivity index (χ3n) is 3.16. The molecule has 120 valence electrons. The second-order valence-corrected chi connectivity index (χ2v) is 4.85. The molecule has 24 heavy (non-hydrogen) atoms. The Kier molecular flexibility index (Phi) is 6.13. The van der Waals surface area contributed by atoms with Crippen molar-refractivity contribution in [1.29, 1.82) is 0 Å². The van der Waals surface area contributed by atoms with Crippen LogP contribution in [0.25, 0.3) is 0 Å². The zero-order valence-corrected chi connectivity index (χ0v) is 12.7. The number of nitrogens with zero attached hydrogens (tertiary/aromatic N) is 1. The zero-order valence-electron chi connectivity index (χ0n) is 12.7. The average molecular weight is 323 g/mol. The molecule has 0 aliphatic rings. The summed E-state index contributed by atoms with van der Waals surface area (Å²) >= 11 is 0. The Morgan fingerprint density at radius 1 is 1.12 bits per heavy atom. The molecule has 7 heteroatoms. The highest BCUT2D eigenvalue weighted by atomic mass is 16.5. The standard InChI is InChI=1S/C17H14BNO5/c18-23-11-19-15(16(20)21)10-12-6-8-14(9-7-12)24-17(22)13-4-2-1-3-5-13/h1-9,11,15H,10H2,(H,20,21)/t15-/m0/s1. The van der Waals surface area contributed by atoms with Gasteiger partial charge in [0.25, 0.3) is 0 Å². The van der Waals surface area contributed by atoms with Gasteiger partial charge in [0.2, 0.25) is 0 Å². The van der Waals surface area contributed by atoms with Gasteiger partial charge < -0.3 is 14.5 Å². The first-order valence-electron chi connectivity index (χ1n) is 7.06. The Balaban J connectivity index is 2.01. The summed E-state index contributed by atoms with van der Waals surface area (Å²) in [5, 5.41) is 9.08. The van der Waals surface area contributed by atoms with Gasteiger partial charge in [0.05, 0.1) is 5.56 Å². The number of rotatable bonds is 7. The molecule has 1 atom stereocenters. The Morgan fingerprint density at radius 2 is 1.79 bits per heavy atom. The summed E-state index contributed by atoms with van der Waals surface area (Å²) in [4.78, 5) is 26.7. The highest BCUT2D eigenvalue weighted by molar-refractivity contribution is 6.02. The van der Waals surface area contributed by atoms with E-state index in [9.17, 15) is 9.59 Å². The molecule has 0 bridgehead atoms. The first-order chi connectivity index (χ1) is 11.6. The number of aliphatic imine (C=N–C) groups is 1. The average Bonchev–Trinajstić information content (AvgIpc) is 2.60. The maximum absolute atomic E-state index is 11.9. The van der Waals surface area contributed by atoms with Gasteiger partial charge in [-0.25, -0.2) is 14.6 Å². The zero-order chi connectivity index (χ0) is 17.4. The Hall–Kier alpha value is -3.09. The number of hydrogen-bond acceptors (Lipinski definition) is 5. The molecule has 2 aromatic rings. The summed E-state index contributed by atoms with van der Waals surface area (Å²) in [6, 6.07) is 14.1. The van der Waals surface area contributed by atoms with Crippen molar-refractivity contribution in [3.8, 4) is 5.75 Å². The second kappa shape index (κ2) is 8.52. The molecule has 0 aliphatic carbocycles. The van der Waals surface area contributed by atoms with Gasteiger partial charge >= 0.3 is 20.0 Å². The first kappa shape index (κ1) is 17.3. The number of carboxylic acid groups (broad SMARTS) is 1. The molecule has 0 unspecified atom stereocenters. The molecule has 1 N–H and O–H groups in total. The lowest BCUT2D eigenvalue weighted by Crippen LogP contribution is -2.21. The number of hydrogen-bond donors (Lipinski definition) is 1. The van der Waals surface area contributed by atoms with E-state index >= 15 is 0 Å². The summed E-state index contributed by atoms with van der Waals surface area (Å²) in [5.41, 5.74) is 1.17. The van der Waals surface area contributed by atoms with Crippen LogP contribution >= 0.6 is 0 Å².